The molecular formula is C15H20N4O4. The third-order valence-electron chi connectivity index (χ3n) is 4.03. The lowest BCUT2D eigenvalue weighted by molar-refractivity contribution is -0.150. The SMILES string of the molecule is C#CCCC1(CCC(=O)N2CCNC(=O)C2CC(=O)OC)N=N1. The van der Waals surface area contributed by atoms with Gasteiger partial charge in [0.15, 0.2) is 5.66 Å². The van der Waals surface area contributed by atoms with E-state index in [-0.39, 0.29) is 24.7 Å². The van der Waals surface area contributed by atoms with Crippen LogP contribution in [0.4, 0.5) is 0 Å². The fraction of sp³-hybridized carbons (Fsp3) is 0.667. The molecule has 0 aromatic carbocycles. The first kappa shape index (κ1) is 16.9. The molecule has 0 aliphatic carbocycles. The van der Waals surface area contributed by atoms with Gasteiger partial charge in [-0.25, -0.2) is 0 Å². The Morgan fingerprint density at radius 2 is 2.22 bits per heavy atom. The monoisotopic (exact) mass is 320 g/mol. The zero-order chi connectivity index (χ0) is 16.9. The number of hydrogen-bond donors (Lipinski definition) is 1. The molecule has 0 bridgehead atoms. The quantitative estimate of drug-likeness (QED) is 0.536. The number of nitrogens with zero attached hydrogens (tertiary/aromatic N) is 3. The molecule has 0 saturated carbocycles. The van der Waals surface area contributed by atoms with Crippen molar-refractivity contribution >= 4 is 17.8 Å². The summed E-state index contributed by atoms with van der Waals surface area (Å²) in [6, 6.07) is -0.821. The highest BCUT2D eigenvalue weighted by Crippen LogP contribution is 2.37. The molecule has 2 aliphatic rings. The molecule has 0 aromatic heterocycles. The molecule has 1 unspecified atom stereocenters. The van der Waals surface area contributed by atoms with Crippen LogP contribution in [0.25, 0.3) is 0 Å². The van der Waals surface area contributed by atoms with E-state index in [1.165, 1.54) is 12.0 Å². The summed E-state index contributed by atoms with van der Waals surface area (Å²) in [5, 5.41) is 10.6. The van der Waals surface area contributed by atoms with Gasteiger partial charge >= 0.3 is 5.97 Å². The van der Waals surface area contributed by atoms with Crippen molar-refractivity contribution in [2.45, 2.75) is 43.8 Å². The van der Waals surface area contributed by atoms with E-state index in [4.69, 9.17) is 6.42 Å². The Morgan fingerprint density at radius 3 is 2.83 bits per heavy atom. The third kappa shape index (κ3) is 4.28. The van der Waals surface area contributed by atoms with Gasteiger partial charge < -0.3 is 15.0 Å². The number of terminal acetylenes is 1. The maximum absolute atomic E-state index is 12.4. The minimum absolute atomic E-state index is 0.148. The maximum Gasteiger partial charge on any atom is 0.308 e. The standard InChI is InChI=1S/C15H20N4O4/c1-3-4-6-15(17-18-15)7-5-12(20)19-9-8-16-14(22)11(19)10-13(21)23-2/h1,11H,4-10H2,2H3,(H,16,22). The molecule has 1 atom stereocenters. The smallest absolute Gasteiger partial charge is 0.308 e. The number of amides is 2. The number of ether oxygens (including phenoxy) is 1. The van der Waals surface area contributed by atoms with Gasteiger partial charge in [0.25, 0.3) is 0 Å². The Kier molecular flexibility index (Phi) is 5.32. The van der Waals surface area contributed by atoms with Crippen molar-refractivity contribution in [1.82, 2.24) is 10.2 Å². The average Bonchev–Trinajstić information content (AvgIpc) is 3.33. The lowest BCUT2D eigenvalue weighted by atomic mass is 10.0. The summed E-state index contributed by atoms with van der Waals surface area (Å²) in [7, 11) is 1.25. The van der Waals surface area contributed by atoms with Crippen molar-refractivity contribution in [3.05, 3.63) is 0 Å². The number of carbonyl (C=O) groups is 3. The van der Waals surface area contributed by atoms with Gasteiger partial charge in [-0.1, -0.05) is 0 Å². The van der Waals surface area contributed by atoms with Crippen LogP contribution in [0.15, 0.2) is 10.2 Å². The Balaban J connectivity index is 1.92. The zero-order valence-electron chi connectivity index (χ0n) is 13.1. The second-order valence-electron chi connectivity index (χ2n) is 5.56. The van der Waals surface area contributed by atoms with E-state index < -0.39 is 17.7 Å². The van der Waals surface area contributed by atoms with E-state index in [0.29, 0.717) is 32.4 Å². The maximum atomic E-state index is 12.4. The van der Waals surface area contributed by atoms with Gasteiger partial charge in [0.05, 0.1) is 13.5 Å². The van der Waals surface area contributed by atoms with Gasteiger partial charge in [-0.05, 0) is 0 Å². The molecule has 0 spiro atoms. The first-order valence-electron chi connectivity index (χ1n) is 7.53. The van der Waals surface area contributed by atoms with E-state index in [0.717, 1.165) is 0 Å². The number of methoxy groups -OCH3 is 1. The molecule has 0 radical (unpaired) electrons. The molecule has 0 aromatic rings. The summed E-state index contributed by atoms with van der Waals surface area (Å²) in [5.74, 6) is 1.49. The highest BCUT2D eigenvalue weighted by atomic mass is 16.5. The van der Waals surface area contributed by atoms with Crippen molar-refractivity contribution < 1.29 is 19.1 Å². The largest absolute Gasteiger partial charge is 0.469 e. The lowest BCUT2D eigenvalue weighted by Gasteiger charge is -2.34. The summed E-state index contributed by atoms with van der Waals surface area (Å²) in [6.45, 7) is 0.747. The highest BCUT2D eigenvalue weighted by Gasteiger charge is 2.41. The Labute approximate surface area is 134 Å². The van der Waals surface area contributed by atoms with Gasteiger partial charge in [0.2, 0.25) is 11.8 Å². The number of hydrogen-bond acceptors (Lipinski definition) is 6. The van der Waals surface area contributed by atoms with Crippen molar-refractivity contribution in [2.75, 3.05) is 20.2 Å². The fourth-order valence-electron chi connectivity index (χ4n) is 2.58. The van der Waals surface area contributed by atoms with Crippen LogP contribution in [0.5, 0.6) is 0 Å². The van der Waals surface area contributed by atoms with E-state index in [1.807, 2.05) is 0 Å². The molecule has 23 heavy (non-hydrogen) atoms. The summed E-state index contributed by atoms with van der Waals surface area (Å²) >= 11 is 0. The van der Waals surface area contributed by atoms with Crippen LogP contribution in [-0.2, 0) is 19.1 Å². The zero-order valence-corrected chi connectivity index (χ0v) is 13.1. The molecule has 2 rings (SSSR count). The van der Waals surface area contributed by atoms with E-state index >= 15 is 0 Å². The van der Waals surface area contributed by atoms with Gasteiger partial charge in [0, 0.05) is 38.8 Å². The second-order valence-corrected chi connectivity index (χ2v) is 5.56. The van der Waals surface area contributed by atoms with Crippen LogP contribution in [0.2, 0.25) is 0 Å². The molecule has 1 fully saturated rings. The molecular weight excluding hydrogens is 300 g/mol. The van der Waals surface area contributed by atoms with E-state index in [1.54, 1.807) is 0 Å². The summed E-state index contributed by atoms with van der Waals surface area (Å²) in [4.78, 5) is 37.3. The fourth-order valence-corrected chi connectivity index (χ4v) is 2.58. The van der Waals surface area contributed by atoms with Gasteiger partial charge in [-0.3, -0.25) is 14.4 Å². The minimum atomic E-state index is -0.821. The minimum Gasteiger partial charge on any atom is -0.469 e. The van der Waals surface area contributed by atoms with Gasteiger partial charge in [-0.15, -0.1) is 12.3 Å². The third-order valence-corrected chi connectivity index (χ3v) is 4.03. The van der Waals surface area contributed by atoms with Crippen molar-refractivity contribution in [3.8, 4) is 12.3 Å². The molecule has 8 nitrogen and oxygen atoms in total. The summed E-state index contributed by atoms with van der Waals surface area (Å²) in [6.07, 6.45) is 6.95. The number of piperazine rings is 1. The van der Waals surface area contributed by atoms with Crippen molar-refractivity contribution in [3.63, 3.8) is 0 Å². The van der Waals surface area contributed by atoms with Crippen molar-refractivity contribution in [2.24, 2.45) is 10.2 Å². The summed E-state index contributed by atoms with van der Waals surface area (Å²) in [5.41, 5.74) is -0.530. The average molecular weight is 320 g/mol. The van der Waals surface area contributed by atoms with Gasteiger partial charge in [0.1, 0.15) is 6.04 Å². The normalized spacial score (nSPS) is 21.3. The highest BCUT2D eigenvalue weighted by molar-refractivity contribution is 5.91. The number of nitrogens with one attached hydrogen (secondary N) is 1. The Hall–Kier alpha value is -2.43. The number of rotatable bonds is 7. The topological polar surface area (TPSA) is 100 Å². The van der Waals surface area contributed by atoms with Crippen molar-refractivity contribution in [1.29, 1.82) is 0 Å². The van der Waals surface area contributed by atoms with Crippen LogP contribution < -0.4 is 5.32 Å². The van der Waals surface area contributed by atoms with Crippen LogP contribution in [0.1, 0.15) is 32.1 Å². The van der Waals surface area contributed by atoms with Gasteiger partial charge in [-0.2, -0.15) is 10.2 Å². The van der Waals surface area contributed by atoms with Crippen LogP contribution in [-0.4, -0.2) is 54.6 Å². The van der Waals surface area contributed by atoms with Crippen LogP contribution in [0, 0.1) is 12.3 Å². The van der Waals surface area contributed by atoms with Crippen LogP contribution in [0.3, 0.4) is 0 Å². The molecule has 1 N–H and O–H groups in total. The molecule has 8 heteroatoms. The van der Waals surface area contributed by atoms with E-state index in [9.17, 15) is 14.4 Å². The molecule has 2 heterocycles. The number of esters is 1. The molecule has 1 saturated heterocycles. The first-order valence-corrected chi connectivity index (χ1v) is 7.53. The predicted octanol–water partition coefficient (Wildman–Crippen LogP) is 0.232. The second kappa shape index (κ2) is 7.22. The van der Waals surface area contributed by atoms with E-state index in [2.05, 4.69) is 26.2 Å². The van der Waals surface area contributed by atoms with Crippen LogP contribution >= 0.6 is 0 Å². The molecule has 2 amide bonds. The predicted molar refractivity (Wildman–Crippen MR) is 80.0 cm³/mol. The lowest BCUT2D eigenvalue weighted by Crippen LogP contribution is -2.57. The molecule has 124 valence electrons. The summed E-state index contributed by atoms with van der Waals surface area (Å²) < 4.78 is 4.59. The molecule has 2 aliphatic heterocycles. The Bertz CT molecular complexity index is 560. The first-order chi connectivity index (χ1) is 11.0. The Morgan fingerprint density at radius 1 is 1.48 bits per heavy atom. The number of carbonyl (C=O) groups excluding carboxylic acids is 3.